The molecule has 108 valence electrons. The number of aryl methyl sites for hydroxylation is 1. The Kier molecular flexibility index (Phi) is 3.27. The van der Waals surface area contributed by atoms with Crippen molar-refractivity contribution in [3.05, 3.63) is 71.2 Å². The van der Waals surface area contributed by atoms with E-state index in [4.69, 9.17) is 0 Å². The van der Waals surface area contributed by atoms with Gasteiger partial charge in [-0.25, -0.2) is 0 Å². The lowest BCUT2D eigenvalue weighted by Crippen LogP contribution is -1.92. The number of nitrogens with zero attached hydrogens (tertiary/aromatic N) is 1. The number of aromatic nitrogens is 1. The minimum atomic E-state index is 0.980. The molecule has 4 rings (SSSR count). The topological polar surface area (TPSA) is 4.93 Å². The lowest BCUT2D eigenvalue weighted by Gasteiger charge is -2.06. The highest BCUT2D eigenvalue weighted by atomic mass is 79.9. The normalized spacial score (nSPS) is 11.4. The Morgan fingerprint density at radius 1 is 0.773 bits per heavy atom. The monoisotopic (exact) mass is 349 g/mol. The summed E-state index contributed by atoms with van der Waals surface area (Å²) < 4.78 is 3.51. The molecule has 0 unspecified atom stereocenters. The van der Waals surface area contributed by atoms with Crippen LogP contribution in [0.25, 0.3) is 32.9 Å². The van der Waals surface area contributed by atoms with Crippen LogP contribution in [0, 0.1) is 0 Å². The van der Waals surface area contributed by atoms with E-state index in [0.29, 0.717) is 0 Å². The van der Waals surface area contributed by atoms with Gasteiger partial charge in [-0.15, -0.1) is 0 Å². The van der Waals surface area contributed by atoms with Crippen LogP contribution in [0.1, 0.15) is 6.92 Å². The smallest absolute Gasteiger partial charge is 0.0497 e. The second kappa shape index (κ2) is 5.29. The molecule has 0 spiro atoms. The van der Waals surface area contributed by atoms with Gasteiger partial charge in [0.2, 0.25) is 0 Å². The third kappa shape index (κ3) is 2.06. The van der Waals surface area contributed by atoms with Gasteiger partial charge < -0.3 is 4.57 Å². The van der Waals surface area contributed by atoms with Gasteiger partial charge in [-0.05, 0) is 42.3 Å². The molecule has 0 aliphatic carbocycles. The van der Waals surface area contributed by atoms with Crippen LogP contribution in [0.5, 0.6) is 0 Å². The van der Waals surface area contributed by atoms with Crippen molar-refractivity contribution in [2.24, 2.45) is 0 Å². The maximum Gasteiger partial charge on any atom is 0.0497 e. The summed E-state index contributed by atoms with van der Waals surface area (Å²) in [5.41, 5.74) is 5.13. The number of benzene rings is 3. The van der Waals surface area contributed by atoms with Crippen molar-refractivity contribution in [1.29, 1.82) is 0 Å². The summed E-state index contributed by atoms with van der Waals surface area (Å²) in [7, 11) is 0. The maximum atomic E-state index is 3.50. The van der Waals surface area contributed by atoms with E-state index in [0.717, 1.165) is 11.0 Å². The van der Waals surface area contributed by atoms with Crippen LogP contribution in [0.15, 0.2) is 71.2 Å². The molecule has 3 aromatic carbocycles. The van der Waals surface area contributed by atoms with Gasteiger partial charge in [-0.3, -0.25) is 0 Å². The number of para-hydroxylation sites is 1. The lowest BCUT2D eigenvalue weighted by atomic mass is 10.0. The maximum absolute atomic E-state index is 3.50. The molecule has 0 fully saturated rings. The van der Waals surface area contributed by atoms with Crippen molar-refractivity contribution in [2.45, 2.75) is 13.5 Å². The van der Waals surface area contributed by atoms with E-state index in [-0.39, 0.29) is 0 Å². The highest BCUT2D eigenvalue weighted by Crippen LogP contribution is 2.32. The lowest BCUT2D eigenvalue weighted by molar-refractivity contribution is 0.827. The highest BCUT2D eigenvalue weighted by Gasteiger charge is 2.10. The molecule has 1 nitrogen and oxygen atoms in total. The predicted octanol–water partition coefficient (Wildman–Crippen LogP) is 6.24. The number of rotatable bonds is 2. The standard InChI is InChI=1S/C20H16BrN/c1-2-22-19-6-4-3-5-17(19)18-12-9-15(13-20(18)22)14-7-10-16(21)11-8-14/h3-13H,2H2,1H3. The van der Waals surface area contributed by atoms with E-state index in [1.165, 1.54) is 32.9 Å². The van der Waals surface area contributed by atoms with Crippen LogP contribution < -0.4 is 0 Å². The van der Waals surface area contributed by atoms with E-state index >= 15 is 0 Å². The molecular formula is C20H16BrN. The summed E-state index contributed by atoms with van der Waals surface area (Å²) in [6, 6.07) is 23.9. The van der Waals surface area contributed by atoms with E-state index in [1.807, 2.05) is 0 Å². The summed E-state index contributed by atoms with van der Waals surface area (Å²) in [6.07, 6.45) is 0. The van der Waals surface area contributed by atoms with Gasteiger partial charge in [0.05, 0.1) is 0 Å². The average Bonchev–Trinajstić information content (AvgIpc) is 2.88. The number of hydrogen-bond acceptors (Lipinski definition) is 0. The quantitative estimate of drug-likeness (QED) is 0.403. The van der Waals surface area contributed by atoms with Crippen molar-refractivity contribution in [1.82, 2.24) is 4.57 Å². The fourth-order valence-corrected chi connectivity index (χ4v) is 3.48. The van der Waals surface area contributed by atoms with Crippen LogP contribution in [0.3, 0.4) is 0 Å². The van der Waals surface area contributed by atoms with Gasteiger partial charge >= 0.3 is 0 Å². The Morgan fingerprint density at radius 3 is 2.23 bits per heavy atom. The summed E-state index contributed by atoms with van der Waals surface area (Å²) >= 11 is 3.50. The zero-order chi connectivity index (χ0) is 15.1. The molecule has 1 heterocycles. The summed E-state index contributed by atoms with van der Waals surface area (Å²) in [4.78, 5) is 0. The molecule has 0 saturated heterocycles. The third-order valence-electron chi connectivity index (χ3n) is 4.27. The fraction of sp³-hybridized carbons (Fsp3) is 0.100. The van der Waals surface area contributed by atoms with Crippen LogP contribution >= 0.6 is 15.9 Å². The molecule has 22 heavy (non-hydrogen) atoms. The van der Waals surface area contributed by atoms with Gasteiger partial charge in [0.1, 0.15) is 0 Å². The molecule has 0 atom stereocenters. The second-order valence-corrected chi connectivity index (χ2v) is 6.42. The first-order valence-electron chi connectivity index (χ1n) is 7.55. The second-order valence-electron chi connectivity index (χ2n) is 5.50. The fourth-order valence-electron chi connectivity index (χ4n) is 3.21. The van der Waals surface area contributed by atoms with Crippen molar-refractivity contribution in [3.63, 3.8) is 0 Å². The van der Waals surface area contributed by atoms with E-state index < -0.39 is 0 Å². The van der Waals surface area contributed by atoms with E-state index in [2.05, 4.69) is 94.2 Å². The molecule has 0 N–H and O–H groups in total. The van der Waals surface area contributed by atoms with Crippen LogP contribution in [-0.2, 0) is 6.54 Å². The zero-order valence-corrected chi connectivity index (χ0v) is 14.0. The van der Waals surface area contributed by atoms with Crippen molar-refractivity contribution < 1.29 is 0 Å². The van der Waals surface area contributed by atoms with Crippen molar-refractivity contribution in [3.8, 4) is 11.1 Å². The highest BCUT2D eigenvalue weighted by molar-refractivity contribution is 9.10. The molecule has 0 aliphatic rings. The van der Waals surface area contributed by atoms with Crippen LogP contribution in [0.4, 0.5) is 0 Å². The molecule has 0 saturated carbocycles. The van der Waals surface area contributed by atoms with Crippen LogP contribution in [-0.4, -0.2) is 4.57 Å². The molecule has 0 bridgehead atoms. The van der Waals surface area contributed by atoms with Gasteiger partial charge in [-0.1, -0.05) is 58.4 Å². The van der Waals surface area contributed by atoms with Crippen LogP contribution in [0.2, 0.25) is 0 Å². The first-order chi connectivity index (χ1) is 10.8. The minimum absolute atomic E-state index is 0.980. The molecule has 2 heteroatoms. The molecule has 0 radical (unpaired) electrons. The van der Waals surface area contributed by atoms with Gasteiger partial charge in [-0.2, -0.15) is 0 Å². The Balaban J connectivity index is 2.01. The van der Waals surface area contributed by atoms with Gasteiger partial charge in [0, 0.05) is 32.8 Å². The minimum Gasteiger partial charge on any atom is -0.341 e. The Hall–Kier alpha value is -2.06. The molecule has 0 aliphatic heterocycles. The van der Waals surface area contributed by atoms with Gasteiger partial charge in [0.25, 0.3) is 0 Å². The first kappa shape index (κ1) is 13.6. The Bertz CT molecular complexity index is 964. The average molecular weight is 350 g/mol. The van der Waals surface area contributed by atoms with E-state index in [9.17, 15) is 0 Å². The third-order valence-corrected chi connectivity index (χ3v) is 4.80. The zero-order valence-electron chi connectivity index (χ0n) is 12.4. The molecule has 1 aromatic heterocycles. The van der Waals surface area contributed by atoms with Crippen molar-refractivity contribution >= 4 is 37.7 Å². The summed E-state index contributed by atoms with van der Waals surface area (Å²) in [5.74, 6) is 0. The van der Waals surface area contributed by atoms with E-state index in [1.54, 1.807) is 0 Å². The van der Waals surface area contributed by atoms with Crippen molar-refractivity contribution in [2.75, 3.05) is 0 Å². The number of hydrogen-bond donors (Lipinski definition) is 0. The predicted molar refractivity (Wildman–Crippen MR) is 98.3 cm³/mol. The Labute approximate surface area is 138 Å². The molecule has 0 amide bonds. The molecule has 4 aromatic rings. The number of halogens is 1. The van der Waals surface area contributed by atoms with Gasteiger partial charge in [0.15, 0.2) is 0 Å². The Morgan fingerprint density at radius 2 is 1.45 bits per heavy atom. The SMILES string of the molecule is CCn1c2ccccc2c2ccc(-c3ccc(Br)cc3)cc21. The largest absolute Gasteiger partial charge is 0.341 e. The molecular weight excluding hydrogens is 334 g/mol. The summed E-state index contributed by atoms with van der Waals surface area (Å²) in [6.45, 7) is 3.19. The first-order valence-corrected chi connectivity index (χ1v) is 8.34. The number of fused-ring (bicyclic) bond motifs is 3. The summed E-state index contributed by atoms with van der Waals surface area (Å²) in [5, 5.41) is 2.67.